The molecular weight excluding hydrogens is 144 g/mol. The number of hydrogen-bond acceptors (Lipinski definition) is 0. The normalized spacial score (nSPS) is 23.0. The van der Waals surface area contributed by atoms with E-state index in [-0.39, 0.29) is 0 Å². The second kappa shape index (κ2) is 4.89. The fraction of sp³-hybridized carbons (Fsp3) is 1.00. The van der Waals surface area contributed by atoms with Crippen molar-refractivity contribution in [2.24, 2.45) is 17.8 Å². The molecule has 1 fully saturated rings. The molecule has 1 aliphatic rings. The average Bonchev–Trinajstić information content (AvgIpc) is 2.06. The van der Waals surface area contributed by atoms with E-state index in [2.05, 4.69) is 20.8 Å². The summed E-state index contributed by atoms with van der Waals surface area (Å²) in [5, 5.41) is 0. The van der Waals surface area contributed by atoms with E-state index in [0.29, 0.717) is 0 Å². The SMILES string of the molecule is CC(C)C(C)CC1CCCCC1. The summed E-state index contributed by atoms with van der Waals surface area (Å²) in [6.45, 7) is 7.13. The van der Waals surface area contributed by atoms with Crippen LogP contribution in [-0.2, 0) is 0 Å². The van der Waals surface area contributed by atoms with Crippen molar-refractivity contribution in [2.45, 2.75) is 59.3 Å². The Labute approximate surface area is 77.7 Å². The molecule has 0 aromatic heterocycles. The predicted molar refractivity (Wildman–Crippen MR) is 55.2 cm³/mol. The highest BCUT2D eigenvalue weighted by molar-refractivity contribution is 4.69. The molecule has 72 valence electrons. The number of hydrogen-bond donors (Lipinski definition) is 0. The molecule has 12 heavy (non-hydrogen) atoms. The lowest BCUT2D eigenvalue weighted by Gasteiger charge is -2.26. The lowest BCUT2D eigenvalue weighted by molar-refractivity contribution is 0.261. The van der Waals surface area contributed by atoms with E-state index in [1.165, 1.54) is 38.5 Å². The first-order valence-corrected chi connectivity index (χ1v) is 5.70. The molecule has 0 aromatic carbocycles. The second-order valence-electron chi connectivity index (χ2n) is 4.96. The Hall–Kier alpha value is 0. The summed E-state index contributed by atoms with van der Waals surface area (Å²) in [6, 6.07) is 0. The average molecular weight is 168 g/mol. The summed E-state index contributed by atoms with van der Waals surface area (Å²) < 4.78 is 0. The van der Waals surface area contributed by atoms with Crippen molar-refractivity contribution in [3.05, 3.63) is 0 Å². The Morgan fingerprint density at radius 2 is 1.58 bits per heavy atom. The summed E-state index contributed by atoms with van der Waals surface area (Å²) in [7, 11) is 0. The summed E-state index contributed by atoms with van der Waals surface area (Å²) in [6.07, 6.45) is 8.99. The zero-order valence-corrected chi connectivity index (χ0v) is 8.97. The lowest BCUT2D eigenvalue weighted by atomic mass is 9.80. The van der Waals surface area contributed by atoms with E-state index in [0.717, 1.165) is 17.8 Å². The molecule has 1 atom stereocenters. The zero-order valence-electron chi connectivity index (χ0n) is 8.97. The van der Waals surface area contributed by atoms with Gasteiger partial charge in [-0.05, 0) is 24.2 Å². The number of rotatable bonds is 3. The van der Waals surface area contributed by atoms with Crippen LogP contribution in [0.5, 0.6) is 0 Å². The highest BCUT2D eigenvalue weighted by Crippen LogP contribution is 2.31. The molecular formula is C12H24. The monoisotopic (exact) mass is 168 g/mol. The molecule has 0 amide bonds. The van der Waals surface area contributed by atoms with Gasteiger partial charge in [0.15, 0.2) is 0 Å². The fourth-order valence-electron chi connectivity index (χ4n) is 2.22. The molecule has 0 saturated heterocycles. The van der Waals surface area contributed by atoms with Crippen LogP contribution in [0.3, 0.4) is 0 Å². The van der Waals surface area contributed by atoms with Gasteiger partial charge in [-0.25, -0.2) is 0 Å². The third-order valence-corrected chi connectivity index (χ3v) is 3.57. The van der Waals surface area contributed by atoms with Gasteiger partial charge in [0.1, 0.15) is 0 Å². The van der Waals surface area contributed by atoms with Crippen LogP contribution in [-0.4, -0.2) is 0 Å². The largest absolute Gasteiger partial charge is 0.0625 e. The van der Waals surface area contributed by atoms with Crippen LogP contribution in [0.2, 0.25) is 0 Å². The first-order valence-electron chi connectivity index (χ1n) is 5.70. The quantitative estimate of drug-likeness (QED) is 0.591. The van der Waals surface area contributed by atoms with Gasteiger partial charge in [-0.1, -0.05) is 52.9 Å². The highest BCUT2D eigenvalue weighted by atomic mass is 14.2. The van der Waals surface area contributed by atoms with E-state index in [9.17, 15) is 0 Å². The minimum Gasteiger partial charge on any atom is -0.0625 e. The Kier molecular flexibility index (Phi) is 4.11. The maximum Gasteiger partial charge on any atom is -0.0412 e. The molecule has 0 radical (unpaired) electrons. The van der Waals surface area contributed by atoms with E-state index in [1.807, 2.05) is 0 Å². The van der Waals surface area contributed by atoms with Gasteiger partial charge in [0.25, 0.3) is 0 Å². The molecule has 0 bridgehead atoms. The van der Waals surface area contributed by atoms with E-state index in [4.69, 9.17) is 0 Å². The molecule has 0 heterocycles. The topological polar surface area (TPSA) is 0 Å². The Balaban J connectivity index is 2.20. The molecule has 1 aliphatic carbocycles. The maximum absolute atomic E-state index is 2.42. The van der Waals surface area contributed by atoms with Crippen LogP contribution < -0.4 is 0 Å². The van der Waals surface area contributed by atoms with E-state index < -0.39 is 0 Å². The standard InChI is InChI=1S/C12H24/c1-10(2)11(3)9-12-7-5-4-6-8-12/h10-12H,4-9H2,1-3H3. The third kappa shape index (κ3) is 3.16. The zero-order chi connectivity index (χ0) is 8.97. The van der Waals surface area contributed by atoms with Crippen molar-refractivity contribution >= 4 is 0 Å². The van der Waals surface area contributed by atoms with E-state index in [1.54, 1.807) is 0 Å². The maximum atomic E-state index is 2.42. The van der Waals surface area contributed by atoms with Gasteiger partial charge in [0.2, 0.25) is 0 Å². The molecule has 0 spiro atoms. The van der Waals surface area contributed by atoms with Crippen molar-refractivity contribution in [3.63, 3.8) is 0 Å². The molecule has 1 saturated carbocycles. The fourth-order valence-corrected chi connectivity index (χ4v) is 2.22. The summed E-state index contributed by atoms with van der Waals surface area (Å²) in [5.41, 5.74) is 0. The minimum atomic E-state index is 0.881. The van der Waals surface area contributed by atoms with E-state index >= 15 is 0 Å². The highest BCUT2D eigenvalue weighted by Gasteiger charge is 2.17. The van der Waals surface area contributed by atoms with Gasteiger partial charge in [0.05, 0.1) is 0 Å². The van der Waals surface area contributed by atoms with Crippen LogP contribution in [0.4, 0.5) is 0 Å². The molecule has 0 aliphatic heterocycles. The smallest absolute Gasteiger partial charge is 0.0412 e. The molecule has 1 rings (SSSR count). The van der Waals surface area contributed by atoms with Crippen molar-refractivity contribution in [3.8, 4) is 0 Å². The lowest BCUT2D eigenvalue weighted by Crippen LogP contribution is -2.13. The third-order valence-electron chi connectivity index (χ3n) is 3.57. The van der Waals surface area contributed by atoms with Gasteiger partial charge < -0.3 is 0 Å². The molecule has 0 heteroatoms. The van der Waals surface area contributed by atoms with Crippen molar-refractivity contribution < 1.29 is 0 Å². The minimum absolute atomic E-state index is 0.881. The van der Waals surface area contributed by atoms with Crippen molar-refractivity contribution in [1.82, 2.24) is 0 Å². The summed E-state index contributed by atoms with van der Waals surface area (Å²) in [4.78, 5) is 0. The van der Waals surface area contributed by atoms with Crippen LogP contribution in [0.25, 0.3) is 0 Å². The van der Waals surface area contributed by atoms with Crippen LogP contribution in [0.1, 0.15) is 59.3 Å². The second-order valence-corrected chi connectivity index (χ2v) is 4.96. The van der Waals surface area contributed by atoms with Gasteiger partial charge in [-0.3, -0.25) is 0 Å². The van der Waals surface area contributed by atoms with Gasteiger partial charge >= 0.3 is 0 Å². The van der Waals surface area contributed by atoms with Crippen molar-refractivity contribution in [2.75, 3.05) is 0 Å². The van der Waals surface area contributed by atoms with Crippen LogP contribution in [0.15, 0.2) is 0 Å². The first-order chi connectivity index (χ1) is 5.70. The molecule has 0 aromatic rings. The van der Waals surface area contributed by atoms with Crippen LogP contribution >= 0.6 is 0 Å². The molecule has 0 N–H and O–H groups in total. The molecule has 1 unspecified atom stereocenters. The first kappa shape index (κ1) is 10.1. The summed E-state index contributed by atoms with van der Waals surface area (Å²) in [5.74, 6) is 2.89. The van der Waals surface area contributed by atoms with Gasteiger partial charge in [-0.2, -0.15) is 0 Å². The Morgan fingerprint density at radius 3 is 2.08 bits per heavy atom. The van der Waals surface area contributed by atoms with Crippen molar-refractivity contribution in [1.29, 1.82) is 0 Å². The Bertz CT molecular complexity index is 109. The van der Waals surface area contributed by atoms with Crippen LogP contribution in [0, 0.1) is 17.8 Å². The predicted octanol–water partition coefficient (Wildman–Crippen LogP) is 4.25. The van der Waals surface area contributed by atoms with Gasteiger partial charge in [-0.15, -0.1) is 0 Å². The Morgan fingerprint density at radius 1 is 1.00 bits per heavy atom. The molecule has 0 nitrogen and oxygen atoms in total. The van der Waals surface area contributed by atoms with Gasteiger partial charge in [0, 0.05) is 0 Å². The summed E-state index contributed by atoms with van der Waals surface area (Å²) >= 11 is 0.